The van der Waals surface area contributed by atoms with Gasteiger partial charge in [-0.3, -0.25) is 9.69 Å². The fourth-order valence-corrected chi connectivity index (χ4v) is 3.84. The molecule has 2 heterocycles. The van der Waals surface area contributed by atoms with E-state index in [1.807, 2.05) is 4.90 Å². The molecule has 2 aliphatic rings. The van der Waals surface area contributed by atoms with Gasteiger partial charge in [0.1, 0.15) is 12.4 Å². The fraction of sp³-hybridized carbons (Fsp3) is 0.611. The zero-order chi connectivity index (χ0) is 17.6. The highest BCUT2D eigenvalue weighted by molar-refractivity contribution is 6.35. The molecule has 138 valence electrons. The minimum atomic E-state index is 0.0889. The number of ether oxygens (including phenoxy) is 2. The molecule has 0 aromatic heterocycles. The lowest BCUT2D eigenvalue weighted by Gasteiger charge is -2.36. The van der Waals surface area contributed by atoms with Crippen LogP contribution in [0.25, 0.3) is 0 Å². The Bertz CT molecular complexity index is 594. The van der Waals surface area contributed by atoms with Crippen molar-refractivity contribution in [2.24, 2.45) is 5.92 Å². The summed E-state index contributed by atoms with van der Waals surface area (Å²) >= 11 is 12.0. The smallest absolute Gasteiger partial charge is 0.227 e. The number of hydrogen-bond donors (Lipinski definition) is 0. The average molecular weight is 387 g/mol. The van der Waals surface area contributed by atoms with E-state index in [2.05, 4.69) is 4.90 Å². The van der Waals surface area contributed by atoms with Crippen LogP contribution >= 0.6 is 23.2 Å². The van der Waals surface area contributed by atoms with E-state index >= 15 is 0 Å². The van der Waals surface area contributed by atoms with Crippen molar-refractivity contribution in [3.63, 3.8) is 0 Å². The fourth-order valence-electron chi connectivity index (χ4n) is 3.38. The highest BCUT2D eigenvalue weighted by Gasteiger charge is 2.29. The lowest BCUT2D eigenvalue weighted by Crippen LogP contribution is -2.48. The number of nitrogens with zero attached hydrogens (tertiary/aromatic N) is 2. The molecule has 1 aromatic rings. The van der Waals surface area contributed by atoms with Gasteiger partial charge in [0.2, 0.25) is 5.91 Å². The number of morpholine rings is 1. The third-order valence-corrected chi connectivity index (χ3v) is 5.27. The Hall–Kier alpha value is -1.01. The molecule has 5 nitrogen and oxygen atoms in total. The Balaban J connectivity index is 1.45. The maximum Gasteiger partial charge on any atom is 0.227 e. The zero-order valence-corrected chi connectivity index (χ0v) is 15.8. The maximum atomic E-state index is 12.7. The number of carbonyl (C=O) groups excluding carboxylic acids is 1. The van der Waals surface area contributed by atoms with E-state index in [1.54, 1.807) is 18.2 Å². The van der Waals surface area contributed by atoms with E-state index in [1.165, 1.54) is 0 Å². The summed E-state index contributed by atoms with van der Waals surface area (Å²) < 4.78 is 11.1. The normalized spacial score (nSPS) is 22.0. The first kappa shape index (κ1) is 18.8. The van der Waals surface area contributed by atoms with Gasteiger partial charge in [-0.25, -0.2) is 0 Å². The van der Waals surface area contributed by atoms with Crippen molar-refractivity contribution >= 4 is 29.1 Å². The number of halogens is 2. The quantitative estimate of drug-likeness (QED) is 0.779. The molecule has 3 rings (SSSR count). The third kappa shape index (κ3) is 5.23. The number of rotatable bonds is 5. The first-order valence-corrected chi connectivity index (χ1v) is 9.56. The number of hydrogen-bond acceptors (Lipinski definition) is 4. The second-order valence-electron chi connectivity index (χ2n) is 6.50. The monoisotopic (exact) mass is 386 g/mol. The summed E-state index contributed by atoms with van der Waals surface area (Å²) in [4.78, 5) is 16.9. The van der Waals surface area contributed by atoms with E-state index in [4.69, 9.17) is 32.7 Å². The number of carbonyl (C=O) groups is 1. The summed E-state index contributed by atoms with van der Waals surface area (Å²) in [5.74, 6) is 1.00. The molecular weight excluding hydrogens is 363 g/mol. The topological polar surface area (TPSA) is 42.0 Å². The molecule has 7 heteroatoms. The van der Waals surface area contributed by atoms with E-state index in [0.29, 0.717) is 48.7 Å². The molecule has 0 aliphatic carbocycles. The summed E-state index contributed by atoms with van der Waals surface area (Å²) in [7, 11) is 0. The van der Waals surface area contributed by atoms with Crippen molar-refractivity contribution in [2.45, 2.75) is 12.8 Å². The van der Waals surface area contributed by atoms with Crippen molar-refractivity contribution in [3.05, 3.63) is 28.2 Å². The van der Waals surface area contributed by atoms with Gasteiger partial charge in [0.15, 0.2) is 0 Å². The van der Waals surface area contributed by atoms with Crippen molar-refractivity contribution in [1.82, 2.24) is 9.80 Å². The van der Waals surface area contributed by atoms with Gasteiger partial charge in [-0.1, -0.05) is 23.2 Å². The third-order valence-electron chi connectivity index (χ3n) is 4.74. The molecule has 2 fully saturated rings. The van der Waals surface area contributed by atoms with Crippen LogP contribution in [0.15, 0.2) is 18.2 Å². The first-order valence-electron chi connectivity index (χ1n) is 8.80. The van der Waals surface area contributed by atoms with Gasteiger partial charge < -0.3 is 14.4 Å². The summed E-state index contributed by atoms with van der Waals surface area (Å²) in [5, 5.41) is 1.12. The molecule has 0 bridgehead atoms. The highest BCUT2D eigenvalue weighted by atomic mass is 35.5. The molecule has 0 radical (unpaired) electrons. The van der Waals surface area contributed by atoms with E-state index in [0.717, 1.165) is 32.5 Å². The van der Waals surface area contributed by atoms with Crippen LogP contribution < -0.4 is 4.74 Å². The first-order chi connectivity index (χ1) is 12.1. The Morgan fingerprint density at radius 3 is 2.80 bits per heavy atom. The van der Waals surface area contributed by atoms with E-state index in [-0.39, 0.29) is 11.8 Å². The van der Waals surface area contributed by atoms with Crippen LogP contribution in [0.5, 0.6) is 5.75 Å². The maximum absolute atomic E-state index is 12.7. The van der Waals surface area contributed by atoms with Gasteiger partial charge in [-0.15, -0.1) is 0 Å². The Labute approximate surface area is 158 Å². The standard InChI is InChI=1S/C18H24Cl2N2O3/c19-15-3-4-17(16(20)12-15)25-11-6-21-5-1-2-14(13-21)18(23)22-7-9-24-10-8-22/h3-4,12,14H,1-2,5-11,13H2. The van der Waals surface area contributed by atoms with Crippen LogP contribution in [0.4, 0.5) is 0 Å². The largest absolute Gasteiger partial charge is 0.491 e. The van der Waals surface area contributed by atoms with Crippen LogP contribution in [0.3, 0.4) is 0 Å². The summed E-state index contributed by atoms with van der Waals surface area (Å²) in [6.07, 6.45) is 2.01. The molecule has 0 spiro atoms. The molecule has 1 atom stereocenters. The van der Waals surface area contributed by atoms with Crippen LogP contribution in [-0.4, -0.2) is 68.3 Å². The van der Waals surface area contributed by atoms with Crippen LogP contribution in [0.2, 0.25) is 10.0 Å². The zero-order valence-electron chi connectivity index (χ0n) is 14.3. The lowest BCUT2D eigenvalue weighted by molar-refractivity contribution is -0.141. The van der Waals surface area contributed by atoms with Gasteiger partial charge in [0.05, 0.1) is 24.2 Å². The Morgan fingerprint density at radius 2 is 2.04 bits per heavy atom. The van der Waals surface area contributed by atoms with Gasteiger partial charge in [0, 0.05) is 31.2 Å². The van der Waals surface area contributed by atoms with Crippen molar-refractivity contribution < 1.29 is 14.3 Å². The summed E-state index contributed by atoms with van der Waals surface area (Å²) in [6.45, 7) is 5.86. The van der Waals surface area contributed by atoms with Crippen LogP contribution in [0.1, 0.15) is 12.8 Å². The summed E-state index contributed by atoms with van der Waals surface area (Å²) in [5.41, 5.74) is 0. The molecular formula is C18H24Cl2N2O3. The molecule has 0 N–H and O–H groups in total. The predicted octanol–water partition coefficient (Wildman–Crippen LogP) is 2.94. The van der Waals surface area contributed by atoms with Crippen LogP contribution in [0, 0.1) is 5.92 Å². The molecule has 1 amide bonds. The number of piperidine rings is 1. The SMILES string of the molecule is O=C(C1CCCN(CCOc2ccc(Cl)cc2Cl)C1)N1CCOCC1. The second-order valence-corrected chi connectivity index (χ2v) is 7.34. The van der Waals surface area contributed by atoms with E-state index < -0.39 is 0 Å². The Kier molecular flexibility index (Phi) is 6.82. The predicted molar refractivity (Wildman–Crippen MR) is 98.5 cm³/mol. The highest BCUT2D eigenvalue weighted by Crippen LogP contribution is 2.27. The van der Waals surface area contributed by atoms with Gasteiger partial charge in [-0.2, -0.15) is 0 Å². The van der Waals surface area contributed by atoms with E-state index in [9.17, 15) is 4.79 Å². The molecule has 0 saturated carbocycles. The van der Waals surface area contributed by atoms with Crippen molar-refractivity contribution in [1.29, 1.82) is 0 Å². The molecule has 2 saturated heterocycles. The molecule has 25 heavy (non-hydrogen) atoms. The number of amides is 1. The lowest BCUT2D eigenvalue weighted by atomic mass is 9.96. The molecule has 2 aliphatic heterocycles. The second kappa shape index (κ2) is 9.08. The molecule has 1 aromatic carbocycles. The average Bonchev–Trinajstić information content (AvgIpc) is 2.64. The minimum absolute atomic E-state index is 0.0889. The van der Waals surface area contributed by atoms with Gasteiger partial charge in [0.25, 0.3) is 0 Å². The molecule has 1 unspecified atom stereocenters. The Morgan fingerprint density at radius 1 is 1.24 bits per heavy atom. The van der Waals surface area contributed by atoms with Gasteiger partial charge in [-0.05, 0) is 37.6 Å². The minimum Gasteiger partial charge on any atom is -0.491 e. The number of likely N-dealkylation sites (tertiary alicyclic amines) is 1. The van der Waals surface area contributed by atoms with Gasteiger partial charge >= 0.3 is 0 Å². The van der Waals surface area contributed by atoms with Crippen molar-refractivity contribution in [3.8, 4) is 5.75 Å². The summed E-state index contributed by atoms with van der Waals surface area (Å²) in [6, 6.07) is 5.22. The number of benzene rings is 1. The van der Waals surface area contributed by atoms with Crippen LogP contribution in [-0.2, 0) is 9.53 Å². The van der Waals surface area contributed by atoms with Crippen molar-refractivity contribution in [2.75, 3.05) is 52.5 Å².